The zero-order chi connectivity index (χ0) is 12.1. The van der Waals surface area contributed by atoms with Gasteiger partial charge in [-0.3, -0.25) is 0 Å². The molecule has 0 aromatic heterocycles. The molecule has 0 saturated heterocycles. The Morgan fingerprint density at radius 3 is 2.38 bits per heavy atom. The Bertz CT molecular complexity index is 346. The molecule has 0 aliphatic carbocycles. The molecule has 0 heterocycles. The van der Waals surface area contributed by atoms with Crippen LogP contribution in [0, 0.1) is 11.6 Å². The molecule has 1 rings (SSSR count). The monoisotopic (exact) mass is 237 g/mol. The van der Waals surface area contributed by atoms with Crippen LogP contribution in [0.2, 0.25) is 0 Å². The van der Waals surface area contributed by atoms with Crippen molar-refractivity contribution < 1.29 is 22.7 Å². The summed E-state index contributed by atoms with van der Waals surface area (Å²) in [4.78, 5) is 0. The number of nitrogens with one attached hydrogen (secondary N) is 1. The summed E-state index contributed by atoms with van der Waals surface area (Å²) in [7, 11) is 0. The van der Waals surface area contributed by atoms with Crippen LogP contribution in [0.1, 0.15) is 11.7 Å². The number of benzene rings is 1. The first-order chi connectivity index (χ1) is 7.50. The SMILES string of the molecule is OC(CNCC(F)F)c1ccc(F)c(F)c1. The van der Waals surface area contributed by atoms with Gasteiger partial charge in [-0.25, -0.2) is 17.6 Å². The summed E-state index contributed by atoms with van der Waals surface area (Å²) in [6.07, 6.45) is -3.66. The van der Waals surface area contributed by atoms with E-state index >= 15 is 0 Å². The van der Waals surface area contributed by atoms with Crippen LogP contribution in [0.5, 0.6) is 0 Å². The van der Waals surface area contributed by atoms with Gasteiger partial charge in [-0.15, -0.1) is 0 Å². The molecule has 0 fully saturated rings. The molecule has 0 saturated carbocycles. The minimum Gasteiger partial charge on any atom is -0.387 e. The minimum absolute atomic E-state index is 0.140. The summed E-state index contributed by atoms with van der Waals surface area (Å²) in [5, 5.41) is 11.8. The van der Waals surface area contributed by atoms with Crippen molar-refractivity contribution in [1.29, 1.82) is 0 Å². The molecule has 90 valence electrons. The van der Waals surface area contributed by atoms with E-state index in [-0.39, 0.29) is 12.1 Å². The molecule has 0 bridgehead atoms. The molecule has 2 nitrogen and oxygen atoms in total. The molecule has 16 heavy (non-hydrogen) atoms. The number of halogens is 4. The zero-order valence-corrected chi connectivity index (χ0v) is 8.26. The van der Waals surface area contributed by atoms with E-state index in [9.17, 15) is 22.7 Å². The van der Waals surface area contributed by atoms with E-state index in [1.54, 1.807) is 0 Å². The first-order valence-corrected chi connectivity index (χ1v) is 4.62. The quantitative estimate of drug-likeness (QED) is 0.766. The second-order valence-electron chi connectivity index (χ2n) is 3.24. The molecule has 6 heteroatoms. The maximum absolute atomic E-state index is 12.8. The van der Waals surface area contributed by atoms with E-state index in [2.05, 4.69) is 5.32 Å². The third-order valence-electron chi connectivity index (χ3n) is 1.96. The lowest BCUT2D eigenvalue weighted by molar-refractivity contribution is 0.129. The van der Waals surface area contributed by atoms with Crippen LogP contribution in [-0.2, 0) is 0 Å². The fourth-order valence-corrected chi connectivity index (χ4v) is 1.17. The Kier molecular flexibility index (Phi) is 4.70. The van der Waals surface area contributed by atoms with E-state index in [0.717, 1.165) is 12.1 Å². The average molecular weight is 237 g/mol. The lowest BCUT2D eigenvalue weighted by Gasteiger charge is -2.12. The number of rotatable bonds is 5. The molecule has 1 aromatic rings. The third kappa shape index (κ3) is 3.79. The maximum Gasteiger partial charge on any atom is 0.250 e. The number of hydrogen-bond acceptors (Lipinski definition) is 2. The molecular formula is C10H11F4NO. The van der Waals surface area contributed by atoms with Crippen LogP contribution < -0.4 is 5.32 Å². The highest BCUT2D eigenvalue weighted by atomic mass is 19.3. The predicted molar refractivity (Wildman–Crippen MR) is 50.2 cm³/mol. The molecule has 1 atom stereocenters. The van der Waals surface area contributed by atoms with Gasteiger partial charge < -0.3 is 10.4 Å². The lowest BCUT2D eigenvalue weighted by Crippen LogP contribution is -2.26. The number of alkyl halides is 2. The highest BCUT2D eigenvalue weighted by Crippen LogP contribution is 2.15. The van der Waals surface area contributed by atoms with E-state index in [4.69, 9.17) is 0 Å². The molecule has 1 aromatic carbocycles. The standard InChI is InChI=1S/C10H11F4NO/c11-7-2-1-6(3-8(7)12)9(16)4-15-5-10(13)14/h1-3,9-10,15-16H,4-5H2. The summed E-state index contributed by atoms with van der Waals surface area (Å²) in [6.45, 7) is -0.698. The number of aliphatic hydroxyl groups excluding tert-OH is 1. The van der Waals surface area contributed by atoms with Crippen LogP contribution >= 0.6 is 0 Å². The first-order valence-electron chi connectivity index (χ1n) is 4.62. The van der Waals surface area contributed by atoms with Crippen molar-refractivity contribution in [1.82, 2.24) is 5.32 Å². The van der Waals surface area contributed by atoms with E-state index in [1.165, 1.54) is 6.07 Å². The maximum atomic E-state index is 12.8. The van der Waals surface area contributed by atoms with Crippen LogP contribution in [0.15, 0.2) is 18.2 Å². The van der Waals surface area contributed by atoms with Gasteiger partial charge >= 0.3 is 0 Å². The van der Waals surface area contributed by atoms with Crippen molar-refractivity contribution >= 4 is 0 Å². The van der Waals surface area contributed by atoms with Gasteiger partial charge in [0.25, 0.3) is 6.43 Å². The van der Waals surface area contributed by atoms with Crippen molar-refractivity contribution in [2.24, 2.45) is 0 Å². The Labute approximate surface area is 89.9 Å². The highest BCUT2D eigenvalue weighted by molar-refractivity contribution is 5.20. The topological polar surface area (TPSA) is 32.3 Å². The number of aliphatic hydroxyl groups is 1. The Balaban J connectivity index is 2.52. The zero-order valence-electron chi connectivity index (χ0n) is 8.26. The Morgan fingerprint density at radius 2 is 1.81 bits per heavy atom. The molecule has 2 N–H and O–H groups in total. The van der Waals surface area contributed by atoms with Gasteiger partial charge in [-0.05, 0) is 17.7 Å². The minimum atomic E-state index is -2.52. The van der Waals surface area contributed by atoms with E-state index < -0.39 is 30.7 Å². The molecule has 0 aliphatic heterocycles. The van der Waals surface area contributed by atoms with Crippen LogP contribution in [-0.4, -0.2) is 24.6 Å². The summed E-state index contributed by atoms with van der Waals surface area (Å²) < 4.78 is 48.8. The second-order valence-corrected chi connectivity index (χ2v) is 3.24. The van der Waals surface area contributed by atoms with Crippen molar-refractivity contribution in [3.8, 4) is 0 Å². The predicted octanol–water partition coefficient (Wildman–Crippen LogP) is 1.85. The summed E-state index contributed by atoms with van der Waals surface area (Å²) >= 11 is 0. The van der Waals surface area contributed by atoms with Gasteiger partial charge in [0, 0.05) is 6.54 Å². The van der Waals surface area contributed by atoms with E-state index in [0.29, 0.717) is 0 Å². The van der Waals surface area contributed by atoms with Gasteiger partial charge in [0.15, 0.2) is 11.6 Å². The molecule has 0 amide bonds. The van der Waals surface area contributed by atoms with Gasteiger partial charge in [0.2, 0.25) is 0 Å². The highest BCUT2D eigenvalue weighted by Gasteiger charge is 2.11. The Morgan fingerprint density at radius 1 is 1.12 bits per heavy atom. The number of hydrogen-bond donors (Lipinski definition) is 2. The fourth-order valence-electron chi connectivity index (χ4n) is 1.17. The van der Waals surface area contributed by atoms with Crippen LogP contribution in [0.25, 0.3) is 0 Å². The Hall–Kier alpha value is -1.14. The molecule has 0 spiro atoms. The fraction of sp³-hybridized carbons (Fsp3) is 0.400. The van der Waals surface area contributed by atoms with Crippen molar-refractivity contribution in [2.45, 2.75) is 12.5 Å². The molecular weight excluding hydrogens is 226 g/mol. The lowest BCUT2D eigenvalue weighted by atomic mass is 10.1. The van der Waals surface area contributed by atoms with Gasteiger partial charge in [-0.2, -0.15) is 0 Å². The van der Waals surface area contributed by atoms with Crippen LogP contribution in [0.3, 0.4) is 0 Å². The summed E-state index contributed by atoms with van der Waals surface area (Å²) in [5.41, 5.74) is 0.140. The van der Waals surface area contributed by atoms with Gasteiger partial charge in [0.1, 0.15) is 0 Å². The van der Waals surface area contributed by atoms with Crippen molar-refractivity contribution in [2.75, 3.05) is 13.1 Å². The second kappa shape index (κ2) is 5.81. The molecule has 0 aliphatic rings. The average Bonchev–Trinajstić information content (AvgIpc) is 2.21. The summed E-state index contributed by atoms with van der Waals surface area (Å²) in [6, 6.07) is 2.91. The summed E-state index contributed by atoms with van der Waals surface area (Å²) in [5.74, 6) is -2.10. The third-order valence-corrected chi connectivity index (χ3v) is 1.96. The molecule has 0 radical (unpaired) electrons. The molecule has 1 unspecified atom stereocenters. The largest absolute Gasteiger partial charge is 0.387 e. The van der Waals surface area contributed by atoms with Crippen LogP contribution in [0.4, 0.5) is 17.6 Å². The van der Waals surface area contributed by atoms with E-state index in [1.807, 2.05) is 0 Å². The van der Waals surface area contributed by atoms with Crippen molar-refractivity contribution in [3.63, 3.8) is 0 Å². The van der Waals surface area contributed by atoms with Gasteiger partial charge in [-0.1, -0.05) is 6.07 Å². The first kappa shape index (κ1) is 12.9. The van der Waals surface area contributed by atoms with Gasteiger partial charge in [0.05, 0.1) is 12.6 Å². The van der Waals surface area contributed by atoms with Crippen molar-refractivity contribution in [3.05, 3.63) is 35.4 Å². The smallest absolute Gasteiger partial charge is 0.250 e. The normalized spacial score (nSPS) is 13.1.